The van der Waals surface area contributed by atoms with Gasteiger partial charge >= 0.3 is 0 Å². The molecule has 1 saturated heterocycles. The highest BCUT2D eigenvalue weighted by Gasteiger charge is 2.28. The minimum absolute atomic E-state index is 0. The highest BCUT2D eigenvalue weighted by atomic mass is 35.5. The highest BCUT2D eigenvalue weighted by molar-refractivity contribution is 5.31. The molecule has 2 aliphatic rings. The first kappa shape index (κ1) is 21.9. The van der Waals surface area contributed by atoms with Gasteiger partial charge in [0.15, 0.2) is 5.82 Å². The van der Waals surface area contributed by atoms with E-state index in [-0.39, 0.29) is 12.4 Å². The van der Waals surface area contributed by atoms with Crippen molar-refractivity contribution in [1.82, 2.24) is 30.0 Å². The number of piperazine rings is 1. The standard InChI is InChI=1S/C24H30N6.ClH/c1-3-9-20(10-4-1)24(21-11-5-2-6-12-21)29-17-15-28(16-18-29)19-23-25-26-27-30(23)22-13-7-8-14-22;/h1-6,9-12,22,24H,7-8,13-19H2;1H/p-1. The summed E-state index contributed by atoms with van der Waals surface area (Å²) in [6.45, 7) is 5.00. The quantitative estimate of drug-likeness (QED) is 0.568. The van der Waals surface area contributed by atoms with Crippen LogP contribution in [-0.2, 0) is 6.54 Å². The molecule has 31 heavy (non-hydrogen) atoms. The summed E-state index contributed by atoms with van der Waals surface area (Å²) >= 11 is 0. The molecule has 3 aromatic rings. The summed E-state index contributed by atoms with van der Waals surface area (Å²) in [5, 5.41) is 12.6. The predicted octanol–water partition coefficient (Wildman–Crippen LogP) is 0.699. The molecule has 1 saturated carbocycles. The van der Waals surface area contributed by atoms with Gasteiger partial charge in [-0.3, -0.25) is 9.80 Å². The maximum atomic E-state index is 4.35. The number of aromatic nitrogens is 4. The van der Waals surface area contributed by atoms with Gasteiger partial charge in [-0.25, -0.2) is 4.68 Å². The summed E-state index contributed by atoms with van der Waals surface area (Å²) in [4.78, 5) is 5.11. The van der Waals surface area contributed by atoms with Crippen molar-refractivity contribution < 1.29 is 12.4 Å². The van der Waals surface area contributed by atoms with Crippen molar-refractivity contribution >= 4 is 0 Å². The van der Waals surface area contributed by atoms with Gasteiger partial charge in [0.05, 0.1) is 18.6 Å². The Morgan fingerprint density at radius 2 is 1.39 bits per heavy atom. The van der Waals surface area contributed by atoms with Crippen LogP contribution in [0.25, 0.3) is 0 Å². The van der Waals surface area contributed by atoms with Crippen LogP contribution in [0, 0.1) is 0 Å². The molecule has 2 fully saturated rings. The van der Waals surface area contributed by atoms with Crippen molar-refractivity contribution in [2.24, 2.45) is 0 Å². The van der Waals surface area contributed by atoms with E-state index in [0.29, 0.717) is 12.1 Å². The molecular weight excluding hydrogens is 408 g/mol. The second-order valence-corrected chi connectivity index (χ2v) is 8.51. The second-order valence-electron chi connectivity index (χ2n) is 8.51. The first-order valence-electron chi connectivity index (χ1n) is 11.2. The second kappa shape index (κ2) is 10.4. The van der Waals surface area contributed by atoms with E-state index in [4.69, 9.17) is 0 Å². The molecule has 5 rings (SSSR count). The van der Waals surface area contributed by atoms with Gasteiger partial charge in [0.25, 0.3) is 0 Å². The van der Waals surface area contributed by atoms with Gasteiger partial charge in [0, 0.05) is 26.2 Å². The highest BCUT2D eigenvalue weighted by Crippen LogP contribution is 2.31. The molecule has 1 aliphatic heterocycles. The Morgan fingerprint density at radius 1 is 0.806 bits per heavy atom. The minimum atomic E-state index is 0. The lowest BCUT2D eigenvalue weighted by Crippen LogP contribution is -3.00. The Kier molecular flexibility index (Phi) is 7.33. The van der Waals surface area contributed by atoms with Gasteiger partial charge in [-0.15, -0.1) is 5.10 Å². The number of tetrazole rings is 1. The Labute approximate surface area is 190 Å². The first-order valence-corrected chi connectivity index (χ1v) is 11.2. The molecule has 0 bridgehead atoms. The monoisotopic (exact) mass is 437 g/mol. The summed E-state index contributed by atoms with van der Waals surface area (Å²) in [6, 6.07) is 22.6. The zero-order valence-electron chi connectivity index (χ0n) is 17.9. The van der Waals surface area contributed by atoms with E-state index in [9.17, 15) is 0 Å². The molecule has 0 spiro atoms. The fourth-order valence-corrected chi connectivity index (χ4v) is 5.01. The molecule has 2 aromatic carbocycles. The molecule has 7 heteroatoms. The summed E-state index contributed by atoms with van der Waals surface area (Å²) in [6.07, 6.45) is 5.01. The molecule has 2 heterocycles. The Hall–Kier alpha value is -2.28. The van der Waals surface area contributed by atoms with Crippen LogP contribution in [0.1, 0.15) is 54.7 Å². The molecule has 0 N–H and O–H groups in total. The zero-order chi connectivity index (χ0) is 20.2. The molecule has 1 aromatic heterocycles. The van der Waals surface area contributed by atoms with Crippen molar-refractivity contribution in [2.75, 3.05) is 26.2 Å². The number of hydrogen-bond donors (Lipinski definition) is 0. The Bertz CT molecular complexity index is 878. The van der Waals surface area contributed by atoms with Crippen LogP contribution in [0.3, 0.4) is 0 Å². The third kappa shape index (κ3) is 4.97. The molecule has 0 atom stereocenters. The van der Waals surface area contributed by atoms with Crippen LogP contribution in [0.4, 0.5) is 0 Å². The largest absolute Gasteiger partial charge is 1.00 e. The van der Waals surface area contributed by atoms with E-state index >= 15 is 0 Å². The van der Waals surface area contributed by atoms with Gasteiger partial charge in [-0.2, -0.15) is 0 Å². The lowest BCUT2D eigenvalue weighted by atomic mass is 9.96. The van der Waals surface area contributed by atoms with Gasteiger partial charge < -0.3 is 12.4 Å². The minimum Gasteiger partial charge on any atom is -1.00 e. The lowest BCUT2D eigenvalue weighted by Gasteiger charge is -2.39. The average Bonchev–Trinajstić information content (AvgIpc) is 3.49. The first-order chi connectivity index (χ1) is 14.9. The Balaban J connectivity index is 0.00000231. The predicted molar refractivity (Wildman–Crippen MR) is 117 cm³/mol. The molecular formula is C24H30ClN6-. The van der Waals surface area contributed by atoms with E-state index in [1.807, 2.05) is 0 Å². The molecule has 6 nitrogen and oxygen atoms in total. The number of nitrogens with zero attached hydrogens (tertiary/aromatic N) is 6. The summed E-state index contributed by atoms with van der Waals surface area (Å²) in [5.41, 5.74) is 2.73. The van der Waals surface area contributed by atoms with Crippen molar-refractivity contribution in [3.05, 3.63) is 77.6 Å². The van der Waals surface area contributed by atoms with E-state index < -0.39 is 0 Å². The Morgan fingerprint density at radius 3 is 1.97 bits per heavy atom. The van der Waals surface area contributed by atoms with Gasteiger partial charge in [0.2, 0.25) is 0 Å². The van der Waals surface area contributed by atoms with Crippen molar-refractivity contribution in [3.8, 4) is 0 Å². The lowest BCUT2D eigenvalue weighted by molar-refractivity contribution is -0.00000630. The number of halogens is 1. The molecule has 1 aliphatic carbocycles. The smallest absolute Gasteiger partial charge is 0.165 e. The number of hydrogen-bond acceptors (Lipinski definition) is 5. The van der Waals surface area contributed by atoms with E-state index in [2.05, 4.69) is 90.7 Å². The van der Waals surface area contributed by atoms with Crippen LogP contribution < -0.4 is 12.4 Å². The van der Waals surface area contributed by atoms with Gasteiger partial charge in [-0.1, -0.05) is 73.5 Å². The number of benzene rings is 2. The molecule has 0 unspecified atom stereocenters. The third-order valence-electron chi connectivity index (χ3n) is 6.60. The third-order valence-corrected chi connectivity index (χ3v) is 6.60. The van der Waals surface area contributed by atoms with Crippen LogP contribution in [0.2, 0.25) is 0 Å². The maximum Gasteiger partial charge on any atom is 0.165 e. The SMILES string of the molecule is [Cl-].c1ccc(C(c2ccccc2)N2CCN(Cc3nnnn3C3CCCC3)CC2)cc1. The van der Waals surface area contributed by atoms with E-state index in [0.717, 1.165) is 38.5 Å². The van der Waals surface area contributed by atoms with Crippen molar-refractivity contribution in [2.45, 2.75) is 44.3 Å². The van der Waals surface area contributed by atoms with E-state index in [1.54, 1.807) is 0 Å². The normalized spacial score (nSPS) is 18.4. The molecule has 164 valence electrons. The van der Waals surface area contributed by atoms with Crippen LogP contribution >= 0.6 is 0 Å². The maximum absolute atomic E-state index is 4.35. The van der Waals surface area contributed by atoms with Gasteiger partial charge in [0.1, 0.15) is 0 Å². The average molecular weight is 438 g/mol. The van der Waals surface area contributed by atoms with E-state index in [1.165, 1.54) is 36.8 Å². The summed E-state index contributed by atoms with van der Waals surface area (Å²) in [5.74, 6) is 1.03. The van der Waals surface area contributed by atoms with Crippen LogP contribution in [0.5, 0.6) is 0 Å². The van der Waals surface area contributed by atoms with Crippen molar-refractivity contribution in [1.29, 1.82) is 0 Å². The zero-order valence-corrected chi connectivity index (χ0v) is 18.6. The fraction of sp³-hybridized carbons (Fsp3) is 0.458. The van der Waals surface area contributed by atoms with Gasteiger partial charge in [-0.05, 0) is 34.4 Å². The fourth-order valence-electron chi connectivity index (χ4n) is 5.01. The van der Waals surface area contributed by atoms with Crippen molar-refractivity contribution in [3.63, 3.8) is 0 Å². The van der Waals surface area contributed by atoms with Crippen LogP contribution in [0.15, 0.2) is 60.7 Å². The molecule has 0 amide bonds. The van der Waals surface area contributed by atoms with Crippen LogP contribution in [-0.4, -0.2) is 56.2 Å². The summed E-state index contributed by atoms with van der Waals surface area (Å²) in [7, 11) is 0. The summed E-state index contributed by atoms with van der Waals surface area (Å²) < 4.78 is 2.09. The number of rotatable bonds is 6. The molecule has 0 radical (unpaired) electrons. The topological polar surface area (TPSA) is 50.1 Å².